The fourth-order valence-corrected chi connectivity index (χ4v) is 3.11. The average molecular weight is 462 g/mol. The Hall–Kier alpha value is -0.130. The summed E-state index contributed by atoms with van der Waals surface area (Å²) in [7, 11) is 0.321. The maximum atomic E-state index is 11.3. The number of rotatable bonds is 10. The number of sulfonamides is 1. The third kappa shape index (κ3) is 8.50. The normalized spacial score (nSPS) is 17.1. The zero-order valence-corrected chi connectivity index (χ0v) is 17.5. The molecule has 1 aliphatic carbocycles. The first kappa shape index (κ1) is 22.9. The van der Waals surface area contributed by atoms with Crippen LogP contribution in [0.4, 0.5) is 0 Å². The lowest BCUT2D eigenvalue weighted by atomic mass is 9.67. The quantitative estimate of drug-likeness (QED) is 0.194. The Kier molecular flexibility index (Phi) is 11.4. The van der Waals surface area contributed by atoms with Crippen LogP contribution in [0.15, 0.2) is 4.99 Å². The second kappa shape index (κ2) is 11.4. The number of nitrogens with zero attached hydrogens (tertiary/aromatic N) is 1. The van der Waals surface area contributed by atoms with Gasteiger partial charge in [0.2, 0.25) is 10.0 Å². The maximum absolute atomic E-state index is 11.3. The van der Waals surface area contributed by atoms with E-state index in [1.54, 1.807) is 21.1 Å². The molecule has 0 aromatic heterocycles. The van der Waals surface area contributed by atoms with Gasteiger partial charge in [-0.1, -0.05) is 6.42 Å². The van der Waals surface area contributed by atoms with Crippen molar-refractivity contribution in [3.63, 3.8) is 0 Å². The molecule has 0 heterocycles. The lowest BCUT2D eigenvalue weighted by Crippen LogP contribution is -2.48. The number of ether oxygens (including phenoxy) is 1. The van der Waals surface area contributed by atoms with Gasteiger partial charge in [0.15, 0.2) is 5.96 Å². The second-order valence-corrected chi connectivity index (χ2v) is 7.84. The van der Waals surface area contributed by atoms with Crippen molar-refractivity contribution in [3.8, 4) is 0 Å². The summed E-state index contributed by atoms with van der Waals surface area (Å²) in [6.07, 6.45) is 4.77. The number of methoxy groups -OCH3 is 1. The summed E-state index contributed by atoms with van der Waals surface area (Å²) in [6.45, 7) is 4.13. The molecule has 1 aliphatic rings. The third-order valence-corrected chi connectivity index (χ3v) is 5.63. The van der Waals surface area contributed by atoms with Crippen molar-refractivity contribution < 1.29 is 13.2 Å². The molecular weight excluding hydrogens is 431 g/mol. The van der Waals surface area contributed by atoms with E-state index >= 15 is 0 Å². The van der Waals surface area contributed by atoms with Gasteiger partial charge in [-0.2, -0.15) is 0 Å². The predicted octanol–water partition coefficient (Wildman–Crippen LogP) is 0.916. The molecule has 0 radical (unpaired) electrons. The highest BCUT2D eigenvalue weighted by Crippen LogP contribution is 2.43. The molecule has 0 bridgehead atoms. The Morgan fingerprint density at radius 1 is 1.26 bits per heavy atom. The highest BCUT2D eigenvalue weighted by atomic mass is 127. The minimum atomic E-state index is -3.13. The molecule has 9 heteroatoms. The van der Waals surface area contributed by atoms with Gasteiger partial charge in [-0.25, -0.2) is 13.1 Å². The molecule has 0 unspecified atom stereocenters. The summed E-state index contributed by atoms with van der Waals surface area (Å²) in [5.74, 6) is 0.807. The first-order chi connectivity index (χ1) is 10.5. The minimum absolute atomic E-state index is 0. The summed E-state index contributed by atoms with van der Waals surface area (Å²) >= 11 is 0. The number of guanidine groups is 1. The molecule has 138 valence electrons. The number of halogens is 1. The molecule has 0 amide bonds. The summed E-state index contributed by atoms with van der Waals surface area (Å²) in [5.41, 5.74) is 0.317. The van der Waals surface area contributed by atoms with E-state index in [4.69, 9.17) is 4.74 Å². The van der Waals surface area contributed by atoms with Gasteiger partial charge in [0.1, 0.15) is 0 Å². The zero-order chi connectivity index (χ0) is 16.5. The molecule has 1 rings (SSSR count). The Labute approximate surface area is 157 Å². The van der Waals surface area contributed by atoms with E-state index in [2.05, 4.69) is 20.3 Å². The van der Waals surface area contributed by atoms with E-state index in [0.29, 0.717) is 24.5 Å². The van der Waals surface area contributed by atoms with E-state index in [0.717, 1.165) is 19.6 Å². The van der Waals surface area contributed by atoms with Gasteiger partial charge in [0.25, 0.3) is 0 Å². The van der Waals surface area contributed by atoms with E-state index in [-0.39, 0.29) is 29.7 Å². The van der Waals surface area contributed by atoms with Crippen LogP contribution in [0.1, 0.15) is 32.6 Å². The van der Waals surface area contributed by atoms with Crippen LogP contribution in [0.25, 0.3) is 0 Å². The zero-order valence-electron chi connectivity index (χ0n) is 14.4. The van der Waals surface area contributed by atoms with Gasteiger partial charge in [0.05, 0.1) is 5.75 Å². The fraction of sp³-hybridized carbons (Fsp3) is 0.929. The van der Waals surface area contributed by atoms with Crippen molar-refractivity contribution in [3.05, 3.63) is 0 Å². The van der Waals surface area contributed by atoms with Crippen LogP contribution in [0.2, 0.25) is 0 Å². The number of hydrogen-bond donors (Lipinski definition) is 3. The van der Waals surface area contributed by atoms with Crippen LogP contribution in [0, 0.1) is 5.41 Å². The van der Waals surface area contributed by atoms with Crippen molar-refractivity contribution in [2.45, 2.75) is 32.6 Å². The van der Waals surface area contributed by atoms with Gasteiger partial charge in [0, 0.05) is 40.4 Å². The van der Waals surface area contributed by atoms with Crippen molar-refractivity contribution in [2.75, 3.05) is 46.2 Å². The molecule has 1 fully saturated rings. The molecule has 0 aliphatic heterocycles. The second-order valence-electron chi connectivity index (χ2n) is 5.75. The molecule has 23 heavy (non-hydrogen) atoms. The Balaban J connectivity index is 0.00000484. The number of hydrogen-bond acceptors (Lipinski definition) is 4. The largest absolute Gasteiger partial charge is 0.385 e. The van der Waals surface area contributed by atoms with Gasteiger partial charge in [-0.3, -0.25) is 4.99 Å². The lowest BCUT2D eigenvalue weighted by molar-refractivity contribution is 0.0732. The fourth-order valence-electron chi connectivity index (χ4n) is 2.49. The monoisotopic (exact) mass is 462 g/mol. The standard InChI is InChI=1S/C14H30N4O3S.HI/c1-4-22(19,20)18-10-9-16-13(15-2)17-12-14(6-5-7-14)8-11-21-3;/h18H,4-12H2,1-3H3,(H2,15,16,17);1H. The summed E-state index contributed by atoms with van der Waals surface area (Å²) < 4.78 is 30.4. The van der Waals surface area contributed by atoms with E-state index in [1.165, 1.54) is 19.3 Å². The van der Waals surface area contributed by atoms with E-state index in [1.807, 2.05) is 0 Å². The Bertz CT molecular complexity index is 453. The van der Waals surface area contributed by atoms with Crippen molar-refractivity contribution in [2.24, 2.45) is 10.4 Å². The van der Waals surface area contributed by atoms with Crippen LogP contribution in [-0.2, 0) is 14.8 Å². The molecular formula is C14H31IN4O3S. The van der Waals surface area contributed by atoms with Crippen molar-refractivity contribution >= 4 is 40.0 Å². The van der Waals surface area contributed by atoms with Gasteiger partial charge in [-0.15, -0.1) is 24.0 Å². The third-order valence-electron chi connectivity index (χ3n) is 4.22. The predicted molar refractivity (Wildman–Crippen MR) is 105 cm³/mol. The number of nitrogens with one attached hydrogen (secondary N) is 3. The van der Waals surface area contributed by atoms with Crippen LogP contribution in [-0.4, -0.2) is 60.5 Å². The molecule has 3 N–H and O–H groups in total. The average Bonchev–Trinajstić information content (AvgIpc) is 2.47. The smallest absolute Gasteiger partial charge is 0.211 e. The molecule has 7 nitrogen and oxygen atoms in total. The Morgan fingerprint density at radius 3 is 2.43 bits per heavy atom. The molecule has 0 atom stereocenters. The lowest BCUT2D eigenvalue weighted by Gasteiger charge is -2.42. The molecule has 1 saturated carbocycles. The van der Waals surface area contributed by atoms with E-state index in [9.17, 15) is 8.42 Å². The molecule has 0 spiro atoms. The van der Waals surface area contributed by atoms with Crippen molar-refractivity contribution in [1.29, 1.82) is 0 Å². The van der Waals surface area contributed by atoms with E-state index < -0.39 is 10.0 Å². The molecule has 0 aromatic rings. The van der Waals surface area contributed by atoms with Gasteiger partial charge in [-0.05, 0) is 31.6 Å². The minimum Gasteiger partial charge on any atom is -0.385 e. The highest BCUT2D eigenvalue weighted by molar-refractivity contribution is 14.0. The summed E-state index contributed by atoms with van der Waals surface area (Å²) in [5, 5.41) is 6.46. The van der Waals surface area contributed by atoms with Crippen LogP contribution >= 0.6 is 24.0 Å². The van der Waals surface area contributed by atoms with Gasteiger partial charge >= 0.3 is 0 Å². The summed E-state index contributed by atoms with van der Waals surface area (Å²) in [6, 6.07) is 0. The van der Waals surface area contributed by atoms with Crippen LogP contribution < -0.4 is 15.4 Å². The van der Waals surface area contributed by atoms with Crippen LogP contribution in [0.5, 0.6) is 0 Å². The SMILES string of the molecule is CCS(=O)(=O)NCCNC(=NC)NCC1(CCOC)CCC1.I. The van der Waals surface area contributed by atoms with Crippen LogP contribution in [0.3, 0.4) is 0 Å². The van der Waals surface area contributed by atoms with Gasteiger partial charge < -0.3 is 15.4 Å². The summed E-state index contributed by atoms with van der Waals surface area (Å²) in [4.78, 5) is 4.17. The molecule has 0 aromatic carbocycles. The van der Waals surface area contributed by atoms with Crippen molar-refractivity contribution in [1.82, 2.24) is 15.4 Å². The first-order valence-electron chi connectivity index (χ1n) is 7.88. The Morgan fingerprint density at radius 2 is 1.96 bits per heavy atom. The topological polar surface area (TPSA) is 91.8 Å². The molecule has 0 saturated heterocycles. The number of aliphatic imine (C=N–C) groups is 1. The highest BCUT2D eigenvalue weighted by Gasteiger charge is 2.36. The maximum Gasteiger partial charge on any atom is 0.211 e. The first-order valence-corrected chi connectivity index (χ1v) is 9.53.